The molecule has 31 heavy (non-hydrogen) atoms. The van der Waals surface area contributed by atoms with E-state index in [1.54, 1.807) is 0 Å². The molecule has 0 saturated carbocycles. The highest BCUT2D eigenvalue weighted by atomic mass is 32.1. The molecule has 1 amide bonds. The van der Waals surface area contributed by atoms with Gasteiger partial charge < -0.3 is 5.73 Å². The second kappa shape index (κ2) is 10.3. The van der Waals surface area contributed by atoms with Crippen LogP contribution in [0, 0.1) is 5.92 Å². The van der Waals surface area contributed by atoms with E-state index < -0.39 is 11.2 Å². The van der Waals surface area contributed by atoms with Crippen molar-refractivity contribution in [2.45, 2.75) is 78.7 Å². The second-order valence-corrected chi connectivity index (χ2v) is 9.71. The number of aromatic amines is 1. The molecule has 3 N–H and O–H groups in total. The minimum absolute atomic E-state index is 0.0713. The van der Waals surface area contributed by atoms with Crippen molar-refractivity contribution in [2.24, 2.45) is 5.92 Å². The Morgan fingerprint density at radius 2 is 2.00 bits per heavy atom. The molecule has 0 bridgehead atoms. The lowest BCUT2D eigenvalue weighted by atomic mass is 9.90. The first-order chi connectivity index (χ1) is 14.9. The summed E-state index contributed by atoms with van der Waals surface area (Å²) in [5.41, 5.74) is 6.53. The average Bonchev–Trinajstić information content (AvgIpc) is 3.15. The standard InChI is InChI=1S/C23H34N4O3S/c1-4-6-8-12-26(19-20(24)27(11-7-5-2)23(30)25-21(19)28)22(29)18-14-16-13-15(3)9-10-17(16)31-18/h14-15H,4-13,24H2,1-3H3,(H,25,28,30). The summed E-state index contributed by atoms with van der Waals surface area (Å²) >= 11 is 1.53. The van der Waals surface area contributed by atoms with Crippen molar-refractivity contribution in [2.75, 3.05) is 17.2 Å². The van der Waals surface area contributed by atoms with Gasteiger partial charge in [0.25, 0.3) is 11.5 Å². The molecule has 2 aromatic rings. The number of anilines is 2. The Balaban J connectivity index is 2.02. The van der Waals surface area contributed by atoms with Crippen molar-refractivity contribution < 1.29 is 4.79 Å². The first-order valence-corrected chi connectivity index (χ1v) is 12.2. The van der Waals surface area contributed by atoms with E-state index in [0.29, 0.717) is 23.9 Å². The molecule has 1 unspecified atom stereocenters. The van der Waals surface area contributed by atoms with Crippen LogP contribution in [0.25, 0.3) is 0 Å². The molecule has 1 aliphatic carbocycles. The number of nitrogens with zero attached hydrogens (tertiary/aromatic N) is 2. The highest BCUT2D eigenvalue weighted by molar-refractivity contribution is 7.14. The molecule has 0 fully saturated rings. The summed E-state index contributed by atoms with van der Waals surface area (Å²) in [4.78, 5) is 44.5. The van der Waals surface area contributed by atoms with E-state index in [9.17, 15) is 14.4 Å². The van der Waals surface area contributed by atoms with E-state index in [1.807, 2.05) is 13.0 Å². The zero-order valence-corrected chi connectivity index (χ0v) is 19.6. The highest BCUT2D eigenvalue weighted by Gasteiger charge is 2.28. The van der Waals surface area contributed by atoms with Gasteiger partial charge in [0.1, 0.15) is 5.82 Å². The summed E-state index contributed by atoms with van der Waals surface area (Å²) in [5.74, 6) is 0.481. The fraction of sp³-hybridized carbons (Fsp3) is 0.609. The number of hydrogen-bond donors (Lipinski definition) is 2. The van der Waals surface area contributed by atoms with Gasteiger partial charge >= 0.3 is 5.69 Å². The normalized spacial score (nSPS) is 15.6. The molecule has 0 aliphatic heterocycles. The third kappa shape index (κ3) is 5.11. The third-order valence-corrected chi connectivity index (χ3v) is 7.21. The topological polar surface area (TPSA) is 101 Å². The van der Waals surface area contributed by atoms with Crippen LogP contribution in [0.5, 0.6) is 0 Å². The van der Waals surface area contributed by atoms with E-state index in [1.165, 1.54) is 31.2 Å². The smallest absolute Gasteiger partial charge is 0.330 e. The Hall–Kier alpha value is -2.35. The van der Waals surface area contributed by atoms with Gasteiger partial charge in [-0.15, -0.1) is 11.3 Å². The van der Waals surface area contributed by atoms with Gasteiger partial charge in [-0.3, -0.25) is 24.0 Å². The third-order valence-electron chi connectivity index (χ3n) is 5.99. The number of carbonyl (C=O) groups excluding carboxylic acids is 1. The quantitative estimate of drug-likeness (QED) is 0.570. The van der Waals surface area contributed by atoms with Gasteiger partial charge in [0.05, 0.1) is 4.88 Å². The first-order valence-electron chi connectivity index (χ1n) is 11.4. The summed E-state index contributed by atoms with van der Waals surface area (Å²) < 4.78 is 1.38. The number of nitrogen functional groups attached to an aromatic ring is 1. The predicted octanol–water partition coefficient (Wildman–Crippen LogP) is 3.94. The van der Waals surface area contributed by atoms with E-state index in [2.05, 4.69) is 18.8 Å². The zero-order valence-electron chi connectivity index (χ0n) is 18.8. The van der Waals surface area contributed by atoms with Gasteiger partial charge in [-0.05, 0) is 49.7 Å². The Morgan fingerprint density at radius 3 is 2.71 bits per heavy atom. The molecule has 170 valence electrons. The molecular weight excluding hydrogens is 412 g/mol. The van der Waals surface area contributed by atoms with Crippen molar-refractivity contribution in [1.82, 2.24) is 9.55 Å². The van der Waals surface area contributed by atoms with Gasteiger partial charge in [0, 0.05) is 18.0 Å². The van der Waals surface area contributed by atoms with Crippen LogP contribution in [0.4, 0.5) is 11.5 Å². The number of aromatic nitrogens is 2. The molecule has 2 aromatic heterocycles. The van der Waals surface area contributed by atoms with Gasteiger partial charge in [0.15, 0.2) is 5.69 Å². The molecule has 0 aromatic carbocycles. The molecule has 2 heterocycles. The van der Waals surface area contributed by atoms with Crippen molar-refractivity contribution in [3.8, 4) is 0 Å². The number of amides is 1. The Kier molecular flexibility index (Phi) is 7.75. The SMILES string of the molecule is CCCCCN(C(=O)c1cc2c(s1)CCC(C)C2)c1c(N)n(CCCC)c(=O)[nH]c1=O. The number of nitrogens with one attached hydrogen (secondary N) is 1. The number of thiophene rings is 1. The number of hydrogen-bond acceptors (Lipinski definition) is 5. The average molecular weight is 447 g/mol. The largest absolute Gasteiger partial charge is 0.383 e. The molecule has 3 rings (SSSR count). The second-order valence-electron chi connectivity index (χ2n) is 8.57. The van der Waals surface area contributed by atoms with Gasteiger partial charge in [-0.25, -0.2) is 4.79 Å². The fourth-order valence-electron chi connectivity index (χ4n) is 4.16. The number of nitrogens with two attached hydrogens (primary N) is 1. The summed E-state index contributed by atoms with van der Waals surface area (Å²) in [7, 11) is 0. The predicted molar refractivity (Wildman–Crippen MR) is 127 cm³/mol. The van der Waals surface area contributed by atoms with Crippen LogP contribution in [-0.4, -0.2) is 22.0 Å². The van der Waals surface area contributed by atoms with Crippen LogP contribution < -0.4 is 21.9 Å². The van der Waals surface area contributed by atoms with Crippen LogP contribution in [0.2, 0.25) is 0 Å². The maximum Gasteiger partial charge on any atom is 0.330 e. The van der Waals surface area contributed by atoms with Crippen LogP contribution in [0.3, 0.4) is 0 Å². The first kappa shape index (κ1) is 23.3. The highest BCUT2D eigenvalue weighted by Crippen LogP contribution is 2.33. The summed E-state index contributed by atoms with van der Waals surface area (Å²) in [6.45, 7) is 7.15. The monoisotopic (exact) mass is 446 g/mol. The molecule has 1 aliphatic rings. The van der Waals surface area contributed by atoms with Crippen molar-refractivity contribution in [3.05, 3.63) is 42.2 Å². The lowest BCUT2D eigenvalue weighted by Gasteiger charge is -2.24. The van der Waals surface area contributed by atoms with Gasteiger partial charge in [0.2, 0.25) is 0 Å². The number of aryl methyl sites for hydroxylation is 1. The number of H-pyrrole nitrogens is 1. The maximum absolute atomic E-state index is 13.6. The molecule has 0 saturated heterocycles. The van der Waals surface area contributed by atoms with Crippen molar-refractivity contribution in [1.29, 1.82) is 0 Å². The summed E-state index contributed by atoms with van der Waals surface area (Å²) in [5, 5.41) is 0. The van der Waals surface area contributed by atoms with Crippen molar-refractivity contribution in [3.63, 3.8) is 0 Å². The van der Waals surface area contributed by atoms with E-state index in [0.717, 1.165) is 51.4 Å². The lowest BCUT2D eigenvalue weighted by molar-refractivity contribution is 0.0990. The van der Waals surface area contributed by atoms with Crippen LogP contribution in [-0.2, 0) is 19.4 Å². The molecule has 8 heteroatoms. The van der Waals surface area contributed by atoms with Crippen LogP contribution in [0.1, 0.15) is 79.4 Å². The summed E-state index contributed by atoms with van der Waals surface area (Å²) in [6, 6.07) is 1.99. The minimum Gasteiger partial charge on any atom is -0.383 e. The van der Waals surface area contributed by atoms with Crippen molar-refractivity contribution >= 4 is 28.7 Å². The lowest BCUT2D eigenvalue weighted by Crippen LogP contribution is -2.41. The molecule has 1 atom stereocenters. The fourth-order valence-corrected chi connectivity index (χ4v) is 5.31. The Bertz CT molecular complexity index is 1040. The number of rotatable bonds is 9. The zero-order chi connectivity index (χ0) is 22.5. The van der Waals surface area contributed by atoms with Gasteiger partial charge in [-0.2, -0.15) is 0 Å². The molecule has 7 nitrogen and oxygen atoms in total. The van der Waals surface area contributed by atoms with Crippen LogP contribution in [0.15, 0.2) is 15.7 Å². The number of carbonyl (C=O) groups is 1. The maximum atomic E-state index is 13.6. The molecule has 0 spiro atoms. The van der Waals surface area contributed by atoms with Crippen LogP contribution >= 0.6 is 11.3 Å². The Labute approximate surface area is 187 Å². The molecular formula is C23H34N4O3S. The van der Waals surface area contributed by atoms with E-state index >= 15 is 0 Å². The van der Waals surface area contributed by atoms with Gasteiger partial charge in [-0.1, -0.05) is 40.0 Å². The number of unbranched alkanes of at least 4 members (excludes halogenated alkanes) is 3. The van der Waals surface area contributed by atoms with E-state index in [-0.39, 0.29) is 17.4 Å². The molecule has 0 radical (unpaired) electrons. The Morgan fingerprint density at radius 1 is 1.26 bits per heavy atom. The minimum atomic E-state index is -0.602. The summed E-state index contributed by atoms with van der Waals surface area (Å²) in [6.07, 6.45) is 7.46. The number of fused-ring (bicyclic) bond motifs is 1. The van der Waals surface area contributed by atoms with E-state index in [4.69, 9.17) is 5.73 Å².